The van der Waals surface area contributed by atoms with Gasteiger partial charge in [-0.2, -0.15) is 0 Å². The van der Waals surface area contributed by atoms with E-state index in [0.717, 1.165) is 5.39 Å². The topological polar surface area (TPSA) is 117 Å². The van der Waals surface area contributed by atoms with Crippen LogP contribution in [-0.4, -0.2) is 58.7 Å². The fraction of sp³-hybridized carbons (Fsp3) is 0.217. The lowest BCUT2D eigenvalue weighted by Gasteiger charge is -2.27. The molecule has 1 atom stereocenters. The van der Waals surface area contributed by atoms with Crippen LogP contribution in [-0.2, 0) is 4.79 Å². The summed E-state index contributed by atoms with van der Waals surface area (Å²) in [5, 5.41) is 22.4. The SMILES string of the molecule is CN(C)CCN1C(=O)C(O)=C(C(=O)c2cc3ccccc3o2)C1c1ccc([N+](=O)[O-])cc1. The van der Waals surface area contributed by atoms with E-state index in [9.17, 15) is 24.8 Å². The lowest BCUT2D eigenvalue weighted by Crippen LogP contribution is -2.36. The van der Waals surface area contributed by atoms with Crippen LogP contribution in [0, 0.1) is 10.1 Å². The highest BCUT2D eigenvalue weighted by atomic mass is 16.6. The molecule has 9 heteroatoms. The third-order valence-electron chi connectivity index (χ3n) is 5.41. The molecular weight excluding hydrogens is 414 g/mol. The zero-order valence-electron chi connectivity index (χ0n) is 17.5. The zero-order chi connectivity index (χ0) is 23.0. The number of para-hydroxylation sites is 1. The molecule has 0 radical (unpaired) electrons. The highest BCUT2D eigenvalue weighted by molar-refractivity contribution is 6.16. The Morgan fingerprint density at radius 2 is 1.88 bits per heavy atom. The van der Waals surface area contributed by atoms with Crippen LogP contribution in [0.2, 0.25) is 0 Å². The minimum atomic E-state index is -0.899. The Bertz CT molecular complexity index is 1210. The number of hydrogen-bond acceptors (Lipinski definition) is 7. The molecule has 0 bridgehead atoms. The number of aliphatic hydroxyl groups excluding tert-OH is 1. The summed E-state index contributed by atoms with van der Waals surface area (Å²) in [4.78, 5) is 40.1. The standard InChI is InChI=1S/C23H21N3O6/c1-24(2)11-12-25-20(14-7-9-16(10-8-14)26(30)31)19(22(28)23(25)29)21(27)18-13-15-5-3-4-6-17(15)32-18/h3-10,13,20,28H,11-12H2,1-2H3. The number of Topliss-reactive ketones (excluding diaryl/α,β-unsaturated/α-hetero) is 1. The number of aliphatic hydroxyl groups is 1. The van der Waals surface area contributed by atoms with Gasteiger partial charge in [0.1, 0.15) is 5.58 Å². The summed E-state index contributed by atoms with van der Waals surface area (Å²) < 4.78 is 5.67. The molecule has 3 aromatic rings. The van der Waals surface area contributed by atoms with Crippen LogP contribution in [0.4, 0.5) is 5.69 Å². The van der Waals surface area contributed by atoms with E-state index in [1.54, 1.807) is 24.3 Å². The van der Waals surface area contributed by atoms with E-state index < -0.39 is 28.4 Å². The van der Waals surface area contributed by atoms with Crippen molar-refractivity contribution in [3.8, 4) is 0 Å². The predicted molar refractivity (Wildman–Crippen MR) is 116 cm³/mol. The Kier molecular flexibility index (Phi) is 5.50. The molecule has 1 N–H and O–H groups in total. The van der Waals surface area contributed by atoms with E-state index in [4.69, 9.17) is 4.42 Å². The summed E-state index contributed by atoms with van der Waals surface area (Å²) in [6.07, 6.45) is 0. The van der Waals surface area contributed by atoms with Gasteiger partial charge in [-0.15, -0.1) is 0 Å². The minimum Gasteiger partial charge on any atom is -0.503 e. The Hall–Kier alpha value is -3.98. The Balaban J connectivity index is 1.78. The van der Waals surface area contributed by atoms with Crippen molar-refractivity contribution in [1.29, 1.82) is 0 Å². The number of likely N-dealkylation sites (N-methyl/N-ethyl adjacent to an activating group) is 1. The quantitative estimate of drug-likeness (QED) is 0.343. The first-order valence-corrected chi connectivity index (χ1v) is 9.94. The number of benzene rings is 2. The van der Waals surface area contributed by atoms with Crippen molar-refractivity contribution in [2.75, 3.05) is 27.2 Å². The van der Waals surface area contributed by atoms with Crippen molar-refractivity contribution >= 4 is 28.3 Å². The highest BCUT2D eigenvalue weighted by Crippen LogP contribution is 2.39. The molecule has 1 amide bonds. The van der Waals surface area contributed by atoms with Crippen molar-refractivity contribution in [2.45, 2.75) is 6.04 Å². The number of nitro benzene ring substituents is 1. The molecule has 9 nitrogen and oxygen atoms in total. The third-order valence-corrected chi connectivity index (χ3v) is 5.41. The summed E-state index contributed by atoms with van der Waals surface area (Å²) >= 11 is 0. The number of hydrogen-bond donors (Lipinski definition) is 1. The molecule has 2 aromatic carbocycles. The first kappa shape index (κ1) is 21.3. The van der Waals surface area contributed by atoms with E-state index in [2.05, 4.69) is 0 Å². The number of nitrogens with zero attached hydrogens (tertiary/aromatic N) is 3. The van der Waals surface area contributed by atoms with Gasteiger partial charge < -0.3 is 19.3 Å². The van der Waals surface area contributed by atoms with Crippen molar-refractivity contribution in [3.05, 3.63) is 87.4 Å². The minimum absolute atomic E-state index is 0.00178. The number of furan rings is 1. The second-order valence-electron chi connectivity index (χ2n) is 7.79. The van der Waals surface area contributed by atoms with Crippen LogP contribution >= 0.6 is 0 Å². The molecule has 1 aliphatic rings. The fourth-order valence-electron chi connectivity index (χ4n) is 3.78. The largest absolute Gasteiger partial charge is 0.503 e. The average molecular weight is 435 g/mol. The number of ketones is 1. The Morgan fingerprint density at radius 1 is 1.19 bits per heavy atom. The van der Waals surface area contributed by atoms with Gasteiger partial charge in [0.25, 0.3) is 11.6 Å². The predicted octanol–water partition coefficient (Wildman–Crippen LogP) is 3.48. The second-order valence-corrected chi connectivity index (χ2v) is 7.79. The molecule has 2 heterocycles. The lowest BCUT2D eigenvalue weighted by molar-refractivity contribution is -0.384. The Labute approximate surface area is 183 Å². The first-order valence-electron chi connectivity index (χ1n) is 9.94. The number of fused-ring (bicyclic) bond motifs is 1. The zero-order valence-corrected chi connectivity index (χ0v) is 17.5. The molecule has 0 saturated carbocycles. The molecule has 0 fully saturated rings. The first-order chi connectivity index (χ1) is 15.3. The fourth-order valence-corrected chi connectivity index (χ4v) is 3.78. The molecule has 0 spiro atoms. The van der Waals surface area contributed by atoms with Crippen molar-refractivity contribution in [2.24, 2.45) is 0 Å². The smallest absolute Gasteiger partial charge is 0.290 e. The molecule has 1 aliphatic heterocycles. The molecule has 164 valence electrons. The normalized spacial score (nSPS) is 16.4. The number of rotatable bonds is 7. The van der Waals surface area contributed by atoms with Crippen LogP contribution < -0.4 is 0 Å². The molecule has 0 saturated heterocycles. The third kappa shape index (κ3) is 3.74. The van der Waals surface area contributed by atoms with Gasteiger partial charge in [-0.1, -0.05) is 18.2 Å². The van der Waals surface area contributed by atoms with Gasteiger partial charge in [0, 0.05) is 30.6 Å². The Morgan fingerprint density at radius 3 is 2.50 bits per heavy atom. The molecule has 32 heavy (non-hydrogen) atoms. The van der Waals surface area contributed by atoms with Crippen LogP contribution in [0.25, 0.3) is 11.0 Å². The maximum Gasteiger partial charge on any atom is 0.290 e. The van der Waals surface area contributed by atoms with Crippen LogP contribution in [0.15, 0.2) is 70.3 Å². The summed E-state index contributed by atoms with van der Waals surface area (Å²) in [6.45, 7) is 0.739. The van der Waals surface area contributed by atoms with E-state index in [-0.39, 0.29) is 23.6 Å². The van der Waals surface area contributed by atoms with E-state index in [1.165, 1.54) is 29.2 Å². The van der Waals surface area contributed by atoms with Gasteiger partial charge in [0.15, 0.2) is 11.5 Å². The molecule has 1 aromatic heterocycles. The van der Waals surface area contributed by atoms with Gasteiger partial charge in [0.2, 0.25) is 5.78 Å². The number of nitro groups is 1. The second kappa shape index (κ2) is 8.27. The van der Waals surface area contributed by atoms with Gasteiger partial charge >= 0.3 is 0 Å². The maximum absolute atomic E-state index is 13.4. The molecule has 1 unspecified atom stereocenters. The summed E-state index contributed by atoms with van der Waals surface area (Å²) in [5.74, 6) is -1.92. The van der Waals surface area contributed by atoms with Gasteiger partial charge in [-0.3, -0.25) is 19.7 Å². The number of amides is 1. The van der Waals surface area contributed by atoms with Crippen molar-refractivity contribution in [1.82, 2.24) is 9.80 Å². The number of carbonyl (C=O) groups excluding carboxylic acids is 2. The lowest BCUT2D eigenvalue weighted by atomic mass is 9.95. The van der Waals surface area contributed by atoms with E-state index >= 15 is 0 Å². The monoisotopic (exact) mass is 435 g/mol. The van der Waals surface area contributed by atoms with Gasteiger partial charge in [-0.25, -0.2) is 0 Å². The highest BCUT2D eigenvalue weighted by Gasteiger charge is 2.44. The van der Waals surface area contributed by atoms with Crippen LogP contribution in [0.3, 0.4) is 0 Å². The molecular formula is C23H21N3O6. The van der Waals surface area contributed by atoms with Crippen molar-refractivity contribution in [3.63, 3.8) is 0 Å². The number of carbonyl (C=O) groups is 2. The maximum atomic E-state index is 13.4. The molecule has 0 aliphatic carbocycles. The summed E-state index contributed by atoms with van der Waals surface area (Å²) in [6, 6.07) is 13.4. The van der Waals surface area contributed by atoms with E-state index in [1.807, 2.05) is 25.1 Å². The summed E-state index contributed by atoms with van der Waals surface area (Å²) in [5.41, 5.74) is 0.765. The average Bonchev–Trinajstić information content (AvgIpc) is 3.31. The van der Waals surface area contributed by atoms with E-state index in [0.29, 0.717) is 17.7 Å². The molecule has 4 rings (SSSR count). The summed E-state index contributed by atoms with van der Waals surface area (Å²) in [7, 11) is 3.68. The van der Waals surface area contributed by atoms with Crippen LogP contribution in [0.5, 0.6) is 0 Å². The van der Waals surface area contributed by atoms with Gasteiger partial charge in [-0.05, 0) is 43.9 Å². The van der Waals surface area contributed by atoms with Gasteiger partial charge in [0.05, 0.1) is 16.5 Å². The van der Waals surface area contributed by atoms with Crippen LogP contribution in [0.1, 0.15) is 22.2 Å². The number of non-ortho nitro benzene ring substituents is 1. The van der Waals surface area contributed by atoms with Crippen molar-refractivity contribution < 1.29 is 24.0 Å².